The highest BCUT2D eigenvalue weighted by Crippen LogP contribution is 2.44. The lowest BCUT2D eigenvalue weighted by molar-refractivity contribution is 0.0279. The molecule has 0 aliphatic heterocycles. The predicted molar refractivity (Wildman–Crippen MR) is 140 cm³/mol. The fourth-order valence-electron chi connectivity index (χ4n) is 4.90. The minimum Gasteiger partial charge on any atom is -0.489 e. The third kappa shape index (κ3) is 5.62. The van der Waals surface area contributed by atoms with E-state index in [1.807, 2.05) is 23.6 Å². The second kappa shape index (κ2) is 10.3. The molecule has 2 fully saturated rings. The van der Waals surface area contributed by atoms with Crippen LogP contribution in [0.5, 0.6) is 11.6 Å². The number of hydrogen-bond acceptors (Lipinski definition) is 7. The number of ether oxygens (including phenoxy) is 2. The minimum atomic E-state index is -0.948. The lowest BCUT2D eigenvalue weighted by atomic mass is 9.92. The van der Waals surface area contributed by atoms with E-state index in [9.17, 15) is 14.7 Å². The fourth-order valence-corrected chi connectivity index (χ4v) is 4.90. The van der Waals surface area contributed by atoms with Gasteiger partial charge in [0, 0.05) is 24.7 Å². The van der Waals surface area contributed by atoms with Gasteiger partial charge in [-0.2, -0.15) is 5.10 Å². The quantitative estimate of drug-likeness (QED) is 0.370. The topological polar surface area (TPSA) is 146 Å². The molecule has 0 aromatic carbocycles. The van der Waals surface area contributed by atoms with Gasteiger partial charge < -0.3 is 25.6 Å². The lowest BCUT2D eigenvalue weighted by Gasteiger charge is -2.29. The van der Waals surface area contributed by atoms with Gasteiger partial charge in [-0.05, 0) is 71.4 Å². The number of fused-ring (bicyclic) bond motifs is 1. The van der Waals surface area contributed by atoms with Gasteiger partial charge >= 0.3 is 0 Å². The van der Waals surface area contributed by atoms with E-state index in [1.54, 1.807) is 30.9 Å². The molecular weight excluding hydrogens is 488 g/mol. The number of pyridine rings is 1. The van der Waals surface area contributed by atoms with Gasteiger partial charge in [0.25, 0.3) is 11.8 Å². The van der Waals surface area contributed by atoms with Crippen LogP contribution in [0.15, 0.2) is 24.5 Å². The van der Waals surface area contributed by atoms with Crippen LogP contribution in [0.25, 0.3) is 5.52 Å². The van der Waals surface area contributed by atoms with Crippen LogP contribution in [0.1, 0.15) is 91.6 Å². The molecular formula is C27H36N6O5. The smallest absolute Gasteiger partial charge is 0.255 e. The Bertz CT molecular complexity index is 1330. The van der Waals surface area contributed by atoms with Gasteiger partial charge in [-0.25, -0.2) is 4.52 Å². The van der Waals surface area contributed by atoms with Crippen molar-refractivity contribution >= 4 is 17.3 Å². The zero-order chi connectivity index (χ0) is 27.0. The van der Waals surface area contributed by atoms with Crippen molar-refractivity contribution in [2.45, 2.75) is 89.5 Å². The van der Waals surface area contributed by atoms with Crippen LogP contribution in [0, 0.1) is 0 Å². The number of aromatic nitrogens is 4. The summed E-state index contributed by atoms with van der Waals surface area (Å²) in [4.78, 5) is 25.0. The summed E-state index contributed by atoms with van der Waals surface area (Å²) < 4.78 is 15.4. The number of hydrogen-bond donors (Lipinski definition) is 3. The van der Waals surface area contributed by atoms with E-state index < -0.39 is 11.5 Å². The van der Waals surface area contributed by atoms with Crippen LogP contribution in [-0.4, -0.2) is 60.7 Å². The molecule has 0 unspecified atom stereocenters. The van der Waals surface area contributed by atoms with E-state index in [2.05, 4.69) is 15.5 Å². The van der Waals surface area contributed by atoms with E-state index in [-0.39, 0.29) is 36.1 Å². The molecule has 2 aliphatic carbocycles. The lowest BCUT2D eigenvalue weighted by Crippen LogP contribution is -2.39. The van der Waals surface area contributed by atoms with E-state index in [1.165, 1.54) is 0 Å². The maximum atomic E-state index is 13.2. The molecule has 3 aromatic heterocycles. The number of carbonyl (C=O) groups is 2. The first-order valence-corrected chi connectivity index (χ1v) is 13.3. The van der Waals surface area contributed by atoms with E-state index >= 15 is 0 Å². The van der Waals surface area contributed by atoms with E-state index in [4.69, 9.17) is 15.2 Å². The Hall–Kier alpha value is -3.60. The third-order valence-corrected chi connectivity index (χ3v) is 7.07. The van der Waals surface area contributed by atoms with Crippen molar-refractivity contribution in [2.24, 2.45) is 5.73 Å². The Morgan fingerprint density at radius 3 is 2.53 bits per heavy atom. The first-order valence-electron chi connectivity index (χ1n) is 13.3. The van der Waals surface area contributed by atoms with Gasteiger partial charge in [0.05, 0.1) is 28.6 Å². The summed E-state index contributed by atoms with van der Waals surface area (Å²) in [6, 6.07) is 3.73. The SMILES string of the molecule is CCn1cc(C(N)=O)c(OC2CCC(NC(=O)c3cnn4c(C5CC5)c(OCC(C)(C)O)ccc34)CC2)n1. The molecule has 2 amide bonds. The summed E-state index contributed by atoms with van der Waals surface area (Å²) in [6.45, 7) is 6.12. The third-order valence-electron chi connectivity index (χ3n) is 7.07. The van der Waals surface area contributed by atoms with Crippen LogP contribution < -0.4 is 20.5 Å². The number of nitrogens with zero attached hydrogens (tertiary/aromatic N) is 4. The van der Waals surface area contributed by atoms with Gasteiger partial charge in [0.15, 0.2) is 0 Å². The van der Waals surface area contributed by atoms with E-state index in [0.717, 1.165) is 49.7 Å². The van der Waals surface area contributed by atoms with Gasteiger partial charge in [0.2, 0.25) is 5.88 Å². The molecule has 3 heterocycles. The van der Waals surface area contributed by atoms with Gasteiger partial charge in [-0.15, -0.1) is 5.10 Å². The molecule has 204 valence electrons. The molecule has 5 rings (SSSR count). The first kappa shape index (κ1) is 26.0. The molecule has 0 bridgehead atoms. The van der Waals surface area contributed by atoms with Gasteiger partial charge in [-0.3, -0.25) is 14.3 Å². The highest BCUT2D eigenvalue weighted by molar-refractivity contribution is 6.01. The minimum absolute atomic E-state index is 0.0124. The zero-order valence-electron chi connectivity index (χ0n) is 22.1. The molecule has 0 spiro atoms. The number of aryl methyl sites for hydroxylation is 1. The van der Waals surface area contributed by atoms with Gasteiger partial charge in [-0.1, -0.05) is 0 Å². The summed E-state index contributed by atoms with van der Waals surface area (Å²) >= 11 is 0. The number of nitrogens with two attached hydrogens (primary N) is 1. The average molecular weight is 525 g/mol. The summed E-state index contributed by atoms with van der Waals surface area (Å²) in [5.74, 6) is 0.582. The van der Waals surface area contributed by atoms with Crippen LogP contribution in [0.3, 0.4) is 0 Å². The highest BCUT2D eigenvalue weighted by atomic mass is 16.5. The maximum Gasteiger partial charge on any atom is 0.255 e. The van der Waals surface area contributed by atoms with Crippen molar-refractivity contribution in [2.75, 3.05) is 6.61 Å². The number of aliphatic hydroxyl groups is 1. The van der Waals surface area contributed by atoms with Crippen LogP contribution in [-0.2, 0) is 6.54 Å². The molecule has 0 radical (unpaired) electrons. The molecule has 38 heavy (non-hydrogen) atoms. The molecule has 11 heteroatoms. The number of rotatable bonds is 10. The Kier molecular flexibility index (Phi) is 7.04. The molecule has 0 atom stereocenters. The fraction of sp³-hybridized carbons (Fsp3) is 0.556. The van der Waals surface area contributed by atoms with Crippen molar-refractivity contribution in [1.29, 1.82) is 0 Å². The van der Waals surface area contributed by atoms with Crippen molar-refractivity contribution < 1.29 is 24.2 Å². The molecule has 11 nitrogen and oxygen atoms in total. The van der Waals surface area contributed by atoms with Crippen LogP contribution in [0.2, 0.25) is 0 Å². The second-order valence-corrected chi connectivity index (χ2v) is 10.9. The van der Waals surface area contributed by atoms with E-state index in [0.29, 0.717) is 23.8 Å². The van der Waals surface area contributed by atoms with Gasteiger partial charge in [0.1, 0.15) is 24.0 Å². The number of nitrogens with one attached hydrogen (secondary N) is 1. The number of amides is 2. The summed E-state index contributed by atoms with van der Waals surface area (Å²) in [5.41, 5.74) is 7.03. The first-order chi connectivity index (χ1) is 18.1. The van der Waals surface area contributed by atoms with Crippen LogP contribution >= 0.6 is 0 Å². The monoisotopic (exact) mass is 524 g/mol. The standard InChI is InChI=1S/C27H36N6O5/c1-4-32-14-20(24(28)34)26(31-32)38-18-9-7-17(8-10-18)30-25(35)19-13-29-33-21(19)11-12-22(23(33)16-5-6-16)37-15-27(2,3)36/h11-14,16-18,36H,4-10,15H2,1-3H3,(H2,28,34)(H,30,35). The summed E-state index contributed by atoms with van der Waals surface area (Å²) in [7, 11) is 0. The molecule has 3 aromatic rings. The predicted octanol–water partition coefficient (Wildman–Crippen LogP) is 2.80. The molecule has 2 aliphatic rings. The summed E-state index contributed by atoms with van der Waals surface area (Å²) in [6.07, 6.45) is 8.17. The van der Waals surface area contributed by atoms with Crippen molar-refractivity contribution in [3.05, 3.63) is 41.3 Å². The Morgan fingerprint density at radius 1 is 1.16 bits per heavy atom. The summed E-state index contributed by atoms with van der Waals surface area (Å²) in [5, 5.41) is 22.1. The number of carbonyl (C=O) groups excluding carboxylic acids is 2. The Morgan fingerprint density at radius 2 is 1.89 bits per heavy atom. The molecule has 0 saturated heterocycles. The zero-order valence-corrected chi connectivity index (χ0v) is 22.1. The molecule has 4 N–H and O–H groups in total. The van der Waals surface area contributed by atoms with Crippen molar-refractivity contribution in [3.8, 4) is 11.6 Å². The average Bonchev–Trinajstić information content (AvgIpc) is 3.47. The second-order valence-electron chi connectivity index (χ2n) is 10.9. The normalized spacial score (nSPS) is 19.9. The Labute approximate surface area is 221 Å². The molecule has 2 saturated carbocycles. The number of primary amides is 1. The maximum absolute atomic E-state index is 13.2. The van der Waals surface area contributed by atoms with Crippen molar-refractivity contribution in [1.82, 2.24) is 24.7 Å². The Balaban J connectivity index is 1.23. The van der Waals surface area contributed by atoms with Crippen molar-refractivity contribution in [3.63, 3.8) is 0 Å². The highest BCUT2D eigenvalue weighted by Gasteiger charge is 2.32. The largest absolute Gasteiger partial charge is 0.489 e. The van der Waals surface area contributed by atoms with Crippen LogP contribution in [0.4, 0.5) is 0 Å².